The smallest absolute Gasteiger partial charge is 0.305 e. The highest BCUT2D eigenvalue weighted by atomic mass is 16.8. The maximum atomic E-state index is 12.3. The minimum absolute atomic E-state index is 0.0337. The van der Waals surface area contributed by atoms with E-state index in [1.807, 2.05) is 13.8 Å². The predicted octanol–water partition coefficient (Wildman–Crippen LogP) is 3.19. The minimum Gasteiger partial charge on any atom is -0.463 e. The van der Waals surface area contributed by atoms with E-state index < -0.39 is 37.0 Å². The van der Waals surface area contributed by atoms with E-state index in [-0.39, 0.29) is 37.6 Å². The van der Waals surface area contributed by atoms with E-state index in [2.05, 4.69) is 5.32 Å². The van der Waals surface area contributed by atoms with Crippen LogP contribution in [0.25, 0.3) is 0 Å². The van der Waals surface area contributed by atoms with Crippen molar-refractivity contribution in [3.8, 4) is 0 Å². The normalized spacial score (nSPS) is 28.8. The van der Waals surface area contributed by atoms with E-state index in [4.69, 9.17) is 27.8 Å². The molecule has 0 radical (unpaired) electrons. The summed E-state index contributed by atoms with van der Waals surface area (Å²) in [5, 5.41) is 2.62. The van der Waals surface area contributed by atoms with Crippen LogP contribution in [0.1, 0.15) is 67.3 Å². The summed E-state index contributed by atoms with van der Waals surface area (Å²) < 4.78 is 51.3. The molecule has 0 saturated carbocycles. The zero-order chi connectivity index (χ0) is 25.6. The molecule has 2 aliphatic heterocycles. The molecular formula is C24H35NO7. The lowest BCUT2D eigenvalue weighted by atomic mass is 10.1. The molecule has 2 saturated heterocycles. The zero-order valence-electron chi connectivity index (χ0n) is 21.9. The zero-order valence-corrected chi connectivity index (χ0v) is 18.9. The fraction of sp³-hybridized carbons (Fsp3) is 0.667. The first kappa shape index (κ1) is 20.6. The van der Waals surface area contributed by atoms with E-state index in [0.29, 0.717) is 24.8 Å². The van der Waals surface area contributed by atoms with Crippen molar-refractivity contribution < 1.29 is 37.4 Å². The number of nitrogens with one attached hydrogen (secondary N) is 1. The van der Waals surface area contributed by atoms with Crippen LogP contribution in [-0.4, -0.2) is 62.0 Å². The lowest BCUT2D eigenvalue weighted by Crippen LogP contribution is -2.33. The standard InChI is InChI=1S/C24H35NO7/c1-16(25-22(27)17-12-8-6-9-13-17)11-7-5-10-14-19(26)29-15-18-20-21(23(28-4)30-18)32-24(2,3)31-20/h6,8-9,12-13,16,18,20-21,23H,5,7,10-11,14-15H2,1-4H3,(H,25,27)/t16-,18+,20+,21+,23+/m0/s1/i1D3. The van der Waals surface area contributed by atoms with Crippen molar-refractivity contribution in [2.45, 2.75) is 89.2 Å². The van der Waals surface area contributed by atoms with Gasteiger partial charge in [0.25, 0.3) is 5.91 Å². The number of amides is 1. The first-order valence-electron chi connectivity index (χ1n) is 12.6. The summed E-state index contributed by atoms with van der Waals surface area (Å²) in [7, 11) is 1.52. The van der Waals surface area contributed by atoms with Gasteiger partial charge in [0.2, 0.25) is 0 Å². The second-order valence-electron chi connectivity index (χ2n) is 8.52. The molecule has 5 atom stereocenters. The second-order valence-corrected chi connectivity index (χ2v) is 8.52. The summed E-state index contributed by atoms with van der Waals surface area (Å²) in [5.74, 6) is -1.54. The van der Waals surface area contributed by atoms with E-state index in [1.54, 1.807) is 30.3 Å². The summed E-state index contributed by atoms with van der Waals surface area (Å²) in [6.45, 7) is 1.34. The van der Waals surface area contributed by atoms with Crippen molar-refractivity contribution in [1.29, 1.82) is 0 Å². The SMILES string of the molecule is [2H]C([2H])([2H])[C@@H](CCCCCC(=O)OC[C@H]1O[C@@H](OC)[C@@H]2OC(C)(C)O[C@@H]21)NC(=O)c1ccccc1. The van der Waals surface area contributed by atoms with Gasteiger partial charge in [0.1, 0.15) is 24.9 Å². The van der Waals surface area contributed by atoms with Gasteiger partial charge in [0, 0.05) is 29.2 Å². The average molecular weight is 453 g/mol. The topological polar surface area (TPSA) is 92.3 Å². The Balaban J connectivity index is 1.36. The predicted molar refractivity (Wildman–Crippen MR) is 117 cm³/mol. The van der Waals surface area contributed by atoms with Crippen LogP contribution in [0.3, 0.4) is 0 Å². The number of hydrogen-bond donors (Lipinski definition) is 1. The van der Waals surface area contributed by atoms with Gasteiger partial charge in [-0.2, -0.15) is 0 Å². The lowest BCUT2D eigenvalue weighted by molar-refractivity contribution is -0.231. The van der Waals surface area contributed by atoms with Gasteiger partial charge < -0.3 is 29.0 Å². The molecule has 0 unspecified atom stereocenters. The lowest BCUT2D eigenvalue weighted by Gasteiger charge is -2.23. The Hall–Kier alpha value is -2.00. The van der Waals surface area contributed by atoms with Gasteiger partial charge in [0.05, 0.1) is 0 Å². The monoisotopic (exact) mass is 452 g/mol. The molecule has 8 nitrogen and oxygen atoms in total. The van der Waals surface area contributed by atoms with Crippen molar-refractivity contribution in [2.75, 3.05) is 13.7 Å². The number of methoxy groups -OCH3 is 1. The Labute approximate surface area is 194 Å². The number of carbonyl (C=O) groups excluding carboxylic acids is 2. The van der Waals surface area contributed by atoms with E-state index >= 15 is 0 Å². The molecular weight excluding hydrogens is 414 g/mol. The molecule has 178 valence electrons. The third-order valence-electron chi connectivity index (χ3n) is 5.46. The van der Waals surface area contributed by atoms with Crippen LogP contribution in [0.2, 0.25) is 0 Å². The van der Waals surface area contributed by atoms with Crippen LogP contribution < -0.4 is 5.32 Å². The quantitative estimate of drug-likeness (QED) is 0.407. The summed E-state index contributed by atoms with van der Waals surface area (Å²) in [5.41, 5.74) is 0.414. The number of rotatable bonds is 11. The van der Waals surface area contributed by atoms with Crippen molar-refractivity contribution in [2.24, 2.45) is 0 Å². The highest BCUT2D eigenvalue weighted by Gasteiger charge is 2.55. The molecule has 0 aromatic heterocycles. The van der Waals surface area contributed by atoms with Crippen molar-refractivity contribution in [3.63, 3.8) is 0 Å². The number of hydrogen-bond acceptors (Lipinski definition) is 7. The number of carbonyl (C=O) groups is 2. The Morgan fingerprint density at radius 1 is 1.16 bits per heavy atom. The summed E-state index contributed by atoms with van der Waals surface area (Å²) in [6.07, 6.45) is 0.382. The maximum Gasteiger partial charge on any atom is 0.305 e. The van der Waals surface area contributed by atoms with Crippen molar-refractivity contribution in [1.82, 2.24) is 5.32 Å². The summed E-state index contributed by atoms with van der Waals surface area (Å²) in [6, 6.07) is 7.55. The number of esters is 1. The average Bonchev–Trinajstić information content (AvgIpc) is 3.28. The molecule has 1 N–H and O–H groups in total. The number of unbranched alkanes of at least 4 members (excludes halogenated alkanes) is 2. The number of fused-ring (bicyclic) bond motifs is 1. The molecule has 1 aromatic carbocycles. The minimum atomic E-state index is -2.32. The number of ether oxygens (including phenoxy) is 5. The molecule has 2 fully saturated rings. The fourth-order valence-corrected chi connectivity index (χ4v) is 3.91. The van der Waals surface area contributed by atoms with Crippen molar-refractivity contribution >= 4 is 11.9 Å². The van der Waals surface area contributed by atoms with Crippen LogP contribution in [-0.2, 0) is 28.5 Å². The molecule has 1 aromatic rings. The summed E-state index contributed by atoms with van der Waals surface area (Å²) in [4.78, 5) is 24.5. The molecule has 0 spiro atoms. The highest BCUT2D eigenvalue weighted by Crippen LogP contribution is 2.38. The van der Waals surface area contributed by atoms with Crippen LogP contribution in [0.4, 0.5) is 0 Å². The Kier molecular flexibility index (Phi) is 7.23. The fourth-order valence-electron chi connectivity index (χ4n) is 3.91. The van der Waals surface area contributed by atoms with Crippen LogP contribution in [0.15, 0.2) is 30.3 Å². The van der Waals surface area contributed by atoms with Crippen LogP contribution in [0.5, 0.6) is 0 Å². The Morgan fingerprint density at radius 2 is 1.91 bits per heavy atom. The van der Waals surface area contributed by atoms with E-state index in [0.717, 1.165) is 0 Å². The molecule has 0 aliphatic carbocycles. The summed E-state index contributed by atoms with van der Waals surface area (Å²) >= 11 is 0. The molecule has 32 heavy (non-hydrogen) atoms. The second kappa shape index (κ2) is 11.2. The molecule has 2 aliphatic rings. The molecule has 8 heteroatoms. The van der Waals surface area contributed by atoms with E-state index in [1.165, 1.54) is 7.11 Å². The van der Waals surface area contributed by atoms with Gasteiger partial charge >= 0.3 is 5.97 Å². The molecule has 1 amide bonds. The van der Waals surface area contributed by atoms with Gasteiger partial charge in [0.15, 0.2) is 12.1 Å². The van der Waals surface area contributed by atoms with Gasteiger partial charge in [-0.25, -0.2) is 0 Å². The third kappa shape index (κ3) is 6.75. The first-order valence-corrected chi connectivity index (χ1v) is 11.1. The van der Waals surface area contributed by atoms with Gasteiger partial charge in [-0.3, -0.25) is 9.59 Å². The van der Waals surface area contributed by atoms with Crippen LogP contribution in [0, 0.1) is 0 Å². The molecule has 2 heterocycles. The van der Waals surface area contributed by atoms with Crippen molar-refractivity contribution in [3.05, 3.63) is 35.9 Å². The third-order valence-corrected chi connectivity index (χ3v) is 5.46. The van der Waals surface area contributed by atoms with Gasteiger partial charge in [-0.05, 0) is 45.7 Å². The number of benzene rings is 1. The maximum absolute atomic E-state index is 12.3. The molecule has 3 rings (SSSR count). The van der Waals surface area contributed by atoms with Crippen LogP contribution >= 0.6 is 0 Å². The van der Waals surface area contributed by atoms with Gasteiger partial charge in [-0.1, -0.05) is 31.0 Å². The first-order chi connectivity index (χ1) is 16.5. The Bertz CT molecular complexity index is 849. The van der Waals surface area contributed by atoms with Gasteiger partial charge in [-0.15, -0.1) is 0 Å². The highest BCUT2D eigenvalue weighted by molar-refractivity contribution is 5.94. The van der Waals surface area contributed by atoms with E-state index in [9.17, 15) is 9.59 Å². The Morgan fingerprint density at radius 3 is 2.62 bits per heavy atom. The largest absolute Gasteiger partial charge is 0.463 e. The molecule has 0 bridgehead atoms.